The number of fused-ring (bicyclic) bond motifs is 1. The molecule has 2 aromatic rings. The molecule has 0 saturated heterocycles. The lowest BCUT2D eigenvalue weighted by molar-refractivity contribution is 0.0696. The first kappa shape index (κ1) is 15.0. The highest BCUT2D eigenvalue weighted by Gasteiger charge is 2.05. The quantitative estimate of drug-likeness (QED) is 0.541. The van der Waals surface area contributed by atoms with Gasteiger partial charge in [0.05, 0.1) is 5.56 Å². The van der Waals surface area contributed by atoms with E-state index in [9.17, 15) is 14.4 Å². The average Bonchev–Trinajstić information content (AvgIpc) is 2.37. The number of hydrogen-bond donors (Lipinski definition) is 3. The average molecular weight is 278 g/mol. The number of benzene rings is 2. The molecule has 2 rings (SSSR count). The topological polar surface area (TPSA) is 121 Å². The molecule has 0 saturated carbocycles. The molecule has 7 nitrogen and oxygen atoms in total. The van der Waals surface area contributed by atoms with Gasteiger partial charge in [0, 0.05) is 0 Å². The van der Waals surface area contributed by atoms with Gasteiger partial charge in [-0.15, -0.1) is 0 Å². The SMILES string of the molecule is O=C(O)OC(=O)O.O=C(O)c1cccc2ccccc12. The molecular weight excluding hydrogens is 268 g/mol. The highest BCUT2D eigenvalue weighted by atomic mass is 16.7. The van der Waals surface area contributed by atoms with E-state index in [1.807, 2.05) is 30.3 Å². The molecule has 0 bridgehead atoms. The van der Waals surface area contributed by atoms with Gasteiger partial charge in [-0.3, -0.25) is 0 Å². The summed E-state index contributed by atoms with van der Waals surface area (Å²) in [5.41, 5.74) is 0.359. The zero-order valence-electron chi connectivity index (χ0n) is 10.0. The van der Waals surface area contributed by atoms with E-state index in [1.165, 1.54) is 0 Å². The van der Waals surface area contributed by atoms with Crippen molar-refractivity contribution in [1.82, 2.24) is 0 Å². The highest BCUT2D eigenvalue weighted by molar-refractivity contribution is 6.03. The highest BCUT2D eigenvalue weighted by Crippen LogP contribution is 2.17. The summed E-state index contributed by atoms with van der Waals surface area (Å²) in [7, 11) is 0. The van der Waals surface area contributed by atoms with E-state index in [-0.39, 0.29) is 0 Å². The Bertz CT molecular complexity index is 631. The van der Waals surface area contributed by atoms with Crippen molar-refractivity contribution < 1.29 is 34.4 Å². The Morgan fingerprint density at radius 2 is 1.35 bits per heavy atom. The van der Waals surface area contributed by atoms with Gasteiger partial charge in [-0.25, -0.2) is 14.4 Å². The molecule has 0 aromatic heterocycles. The molecule has 0 aliphatic heterocycles. The minimum Gasteiger partial charge on any atom is -0.478 e. The lowest BCUT2D eigenvalue weighted by atomic mass is 10.1. The molecule has 0 aliphatic rings. The van der Waals surface area contributed by atoms with Crippen LogP contribution in [0.25, 0.3) is 10.8 Å². The molecular formula is C13H10O7. The predicted molar refractivity (Wildman–Crippen MR) is 68.0 cm³/mol. The molecule has 0 spiro atoms. The Labute approximate surface area is 112 Å². The van der Waals surface area contributed by atoms with Gasteiger partial charge >= 0.3 is 18.3 Å². The first-order chi connectivity index (χ1) is 9.41. The monoisotopic (exact) mass is 278 g/mol. The van der Waals surface area contributed by atoms with Crippen LogP contribution in [0.2, 0.25) is 0 Å². The van der Waals surface area contributed by atoms with Crippen molar-refractivity contribution >= 4 is 29.1 Å². The second-order valence-corrected chi connectivity index (χ2v) is 3.47. The van der Waals surface area contributed by atoms with Crippen molar-refractivity contribution in [3.63, 3.8) is 0 Å². The van der Waals surface area contributed by atoms with Crippen LogP contribution >= 0.6 is 0 Å². The van der Waals surface area contributed by atoms with Crippen LogP contribution in [0.15, 0.2) is 42.5 Å². The third-order valence-electron chi connectivity index (χ3n) is 2.19. The van der Waals surface area contributed by atoms with E-state index in [1.54, 1.807) is 12.1 Å². The van der Waals surface area contributed by atoms with Crippen molar-refractivity contribution in [3.05, 3.63) is 48.0 Å². The van der Waals surface area contributed by atoms with Crippen LogP contribution in [0.5, 0.6) is 0 Å². The van der Waals surface area contributed by atoms with E-state index in [4.69, 9.17) is 15.3 Å². The first-order valence-corrected chi connectivity index (χ1v) is 5.26. The summed E-state index contributed by atoms with van der Waals surface area (Å²) >= 11 is 0. The maximum absolute atomic E-state index is 10.8. The summed E-state index contributed by atoms with van der Waals surface area (Å²) in [6, 6.07) is 12.7. The van der Waals surface area contributed by atoms with Crippen molar-refractivity contribution in [2.75, 3.05) is 0 Å². The number of rotatable bonds is 1. The van der Waals surface area contributed by atoms with Gasteiger partial charge < -0.3 is 20.1 Å². The molecule has 7 heteroatoms. The number of carbonyl (C=O) groups is 3. The van der Waals surface area contributed by atoms with E-state index in [2.05, 4.69) is 4.74 Å². The van der Waals surface area contributed by atoms with E-state index < -0.39 is 18.3 Å². The maximum Gasteiger partial charge on any atom is 0.516 e. The Balaban J connectivity index is 0.000000246. The fourth-order valence-corrected chi connectivity index (χ4v) is 1.49. The van der Waals surface area contributed by atoms with Crippen LogP contribution in [0, 0.1) is 0 Å². The van der Waals surface area contributed by atoms with Gasteiger partial charge in [-0.2, -0.15) is 0 Å². The molecule has 0 atom stereocenters. The Kier molecular flexibility index (Phi) is 5.04. The van der Waals surface area contributed by atoms with Gasteiger partial charge in [-0.05, 0) is 16.8 Å². The normalized spacial score (nSPS) is 9.20. The van der Waals surface area contributed by atoms with Crippen molar-refractivity contribution in [3.8, 4) is 0 Å². The third kappa shape index (κ3) is 4.30. The number of hydrogen-bond acceptors (Lipinski definition) is 4. The van der Waals surface area contributed by atoms with Crippen LogP contribution in [0.1, 0.15) is 10.4 Å². The predicted octanol–water partition coefficient (Wildman–Crippen LogP) is 2.90. The van der Waals surface area contributed by atoms with Gasteiger partial charge in [0.25, 0.3) is 0 Å². The summed E-state index contributed by atoms with van der Waals surface area (Å²) in [5.74, 6) is -0.878. The Morgan fingerprint density at radius 1 is 0.800 bits per heavy atom. The lowest BCUT2D eigenvalue weighted by Crippen LogP contribution is -2.05. The van der Waals surface area contributed by atoms with Crippen LogP contribution in [0.3, 0.4) is 0 Å². The fraction of sp³-hybridized carbons (Fsp3) is 0. The van der Waals surface area contributed by atoms with Crippen LogP contribution in [0.4, 0.5) is 9.59 Å². The number of carboxylic acids is 1. The first-order valence-electron chi connectivity index (χ1n) is 5.26. The van der Waals surface area contributed by atoms with Crippen LogP contribution < -0.4 is 0 Å². The van der Waals surface area contributed by atoms with Crippen molar-refractivity contribution in [1.29, 1.82) is 0 Å². The second-order valence-electron chi connectivity index (χ2n) is 3.47. The van der Waals surface area contributed by atoms with E-state index >= 15 is 0 Å². The second kappa shape index (κ2) is 6.74. The van der Waals surface area contributed by atoms with Crippen molar-refractivity contribution in [2.45, 2.75) is 0 Å². The number of carboxylic acid groups (broad SMARTS) is 3. The molecule has 0 radical (unpaired) electrons. The molecule has 2 aromatic carbocycles. The Hall–Kier alpha value is -3.09. The van der Waals surface area contributed by atoms with Gasteiger partial charge in [-0.1, -0.05) is 36.4 Å². The summed E-state index contributed by atoms with van der Waals surface area (Å²) in [6.45, 7) is 0. The molecule has 0 heterocycles. The fourth-order valence-electron chi connectivity index (χ4n) is 1.49. The summed E-state index contributed by atoms with van der Waals surface area (Å²) < 4.78 is 3.08. The molecule has 0 unspecified atom stereocenters. The maximum atomic E-state index is 10.8. The summed E-state index contributed by atoms with van der Waals surface area (Å²) in [6.07, 6.45) is -3.62. The Morgan fingerprint density at radius 3 is 1.85 bits per heavy atom. The number of aromatic carboxylic acids is 1. The minimum atomic E-state index is -1.81. The molecule has 20 heavy (non-hydrogen) atoms. The zero-order valence-corrected chi connectivity index (χ0v) is 10.0. The molecule has 3 N–H and O–H groups in total. The van der Waals surface area contributed by atoms with E-state index in [0.717, 1.165) is 10.8 Å². The zero-order chi connectivity index (χ0) is 15.1. The molecule has 0 aliphatic carbocycles. The van der Waals surface area contributed by atoms with E-state index in [0.29, 0.717) is 5.56 Å². The third-order valence-corrected chi connectivity index (χ3v) is 2.19. The molecule has 0 fully saturated rings. The smallest absolute Gasteiger partial charge is 0.478 e. The molecule has 104 valence electrons. The molecule has 0 amide bonds. The van der Waals surface area contributed by atoms with Crippen LogP contribution in [-0.2, 0) is 4.74 Å². The van der Waals surface area contributed by atoms with Gasteiger partial charge in [0.2, 0.25) is 0 Å². The van der Waals surface area contributed by atoms with Gasteiger partial charge in [0.1, 0.15) is 0 Å². The minimum absolute atomic E-state index is 0.359. The van der Waals surface area contributed by atoms with Gasteiger partial charge in [0.15, 0.2) is 0 Å². The number of ether oxygens (including phenoxy) is 1. The lowest BCUT2D eigenvalue weighted by Gasteiger charge is -2.00. The largest absolute Gasteiger partial charge is 0.516 e. The van der Waals surface area contributed by atoms with Crippen LogP contribution in [-0.4, -0.2) is 33.6 Å². The summed E-state index contributed by atoms with van der Waals surface area (Å²) in [5, 5.41) is 25.6. The van der Waals surface area contributed by atoms with Crippen molar-refractivity contribution in [2.24, 2.45) is 0 Å². The standard InChI is InChI=1S/C11H8O2.C2H2O5/c12-11(13)10-7-3-5-8-4-1-2-6-9(8)10;3-1(4)7-2(5)6/h1-7H,(H,12,13);(H,3,4)(H,5,6). The summed E-state index contributed by atoms with van der Waals surface area (Å²) in [4.78, 5) is 29.2.